The van der Waals surface area contributed by atoms with Crippen molar-refractivity contribution in [3.05, 3.63) is 34.9 Å². The van der Waals surface area contributed by atoms with E-state index in [4.69, 9.17) is 5.26 Å². The largest absolute Gasteiger partial charge is 0.329 e. The van der Waals surface area contributed by atoms with Crippen LogP contribution in [0.15, 0.2) is 18.2 Å². The standard InChI is InChI=1S/C13H14N2O/c1-13(2,3)15-8-11-9(7-14)5-4-6-10(11)12(15)16/h4-6H,8H2,1-3H3. The SMILES string of the molecule is CC(C)(C)N1Cc2c(C#N)cccc2C1=O. The minimum absolute atomic E-state index is 0.0274. The number of benzene rings is 1. The molecule has 0 fully saturated rings. The molecule has 1 aromatic rings. The fourth-order valence-electron chi connectivity index (χ4n) is 1.98. The molecule has 0 unspecified atom stereocenters. The first-order valence-corrected chi connectivity index (χ1v) is 5.29. The van der Waals surface area contributed by atoms with Crippen molar-refractivity contribution in [3.8, 4) is 6.07 Å². The molecule has 16 heavy (non-hydrogen) atoms. The highest BCUT2D eigenvalue weighted by Crippen LogP contribution is 2.30. The summed E-state index contributed by atoms with van der Waals surface area (Å²) < 4.78 is 0. The number of rotatable bonds is 0. The van der Waals surface area contributed by atoms with E-state index in [0.717, 1.165) is 5.56 Å². The molecule has 1 amide bonds. The van der Waals surface area contributed by atoms with Gasteiger partial charge in [-0.15, -0.1) is 0 Å². The van der Waals surface area contributed by atoms with Gasteiger partial charge in [0.2, 0.25) is 0 Å². The van der Waals surface area contributed by atoms with E-state index in [-0.39, 0.29) is 11.4 Å². The molecule has 1 aromatic carbocycles. The van der Waals surface area contributed by atoms with E-state index in [1.165, 1.54) is 0 Å². The molecule has 0 N–H and O–H groups in total. The summed E-state index contributed by atoms with van der Waals surface area (Å²) in [7, 11) is 0. The van der Waals surface area contributed by atoms with Gasteiger partial charge < -0.3 is 4.90 Å². The molecule has 2 rings (SSSR count). The van der Waals surface area contributed by atoms with E-state index in [2.05, 4.69) is 6.07 Å². The van der Waals surface area contributed by atoms with Crippen LogP contribution in [-0.4, -0.2) is 16.3 Å². The van der Waals surface area contributed by atoms with Gasteiger partial charge in [-0.2, -0.15) is 5.26 Å². The van der Waals surface area contributed by atoms with Gasteiger partial charge in [-0.05, 0) is 32.9 Å². The number of nitriles is 1. The molecule has 0 saturated heterocycles. The Morgan fingerprint density at radius 3 is 2.62 bits per heavy atom. The number of hydrogen-bond donors (Lipinski definition) is 0. The highest BCUT2D eigenvalue weighted by atomic mass is 16.2. The molecular formula is C13H14N2O. The van der Waals surface area contributed by atoms with Gasteiger partial charge in [0.15, 0.2) is 0 Å². The Kier molecular flexibility index (Phi) is 2.23. The predicted octanol–water partition coefficient (Wildman–Crippen LogP) is 2.31. The summed E-state index contributed by atoms with van der Waals surface area (Å²) in [4.78, 5) is 13.9. The van der Waals surface area contributed by atoms with Crippen LogP contribution in [-0.2, 0) is 6.54 Å². The van der Waals surface area contributed by atoms with Gasteiger partial charge in [-0.1, -0.05) is 6.07 Å². The molecule has 82 valence electrons. The molecule has 3 nitrogen and oxygen atoms in total. The normalized spacial score (nSPS) is 14.9. The van der Waals surface area contributed by atoms with Crippen molar-refractivity contribution < 1.29 is 4.79 Å². The lowest BCUT2D eigenvalue weighted by Crippen LogP contribution is -2.41. The topological polar surface area (TPSA) is 44.1 Å². The Balaban J connectivity index is 2.51. The zero-order valence-electron chi connectivity index (χ0n) is 9.74. The first-order valence-electron chi connectivity index (χ1n) is 5.29. The van der Waals surface area contributed by atoms with Crippen molar-refractivity contribution in [2.24, 2.45) is 0 Å². The highest BCUT2D eigenvalue weighted by molar-refractivity contribution is 5.99. The molecule has 1 heterocycles. The molecule has 0 aliphatic carbocycles. The van der Waals surface area contributed by atoms with Crippen molar-refractivity contribution in [1.29, 1.82) is 5.26 Å². The maximum absolute atomic E-state index is 12.1. The summed E-state index contributed by atoms with van der Waals surface area (Å²) in [6, 6.07) is 7.46. The fraction of sp³-hybridized carbons (Fsp3) is 0.385. The summed E-state index contributed by atoms with van der Waals surface area (Å²) >= 11 is 0. The number of amides is 1. The summed E-state index contributed by atoms with van der Waals surface area (Å²) in [5.41, 5.74) is 1.94. The van der Waals surface area contributed by atoms with Crippen molar-refractivity contribution in [2.75, 3.05) is 0 Å². The lowest BCUT2D eigenvalue weighted by molar-refractivity contribution is 0.0609. The smallest absolute Gasteiger partial charge is 0.254 e. The molecule has 0 saturated carbocycles. The Hall–Kier alpha value is -1.82. The summed E-state index contributed by atoms with van der Waals surface area (Å²) in [6.07, 6.45) is 0. The minimum Gasteiger partial charge on any atom is -0.329 e. The molecule has 0 aromatic heterocycles. The maximum Gasteiger partial charge on any atom is 0.254 e. The van der Waals surface area contributed by atoms with E-state index in [0.29, 0.717) is 17.7 Å². The van der Waals surface area contributed by atoms with E-state index in [1.807, 2.05) is 20.8 Å². The van der Waals surface area contributed by atoms with Crippen molar-refractivity contribution in [2.45, 2.75) is 32.9 Å². The van der Waals surface area contributed by atoms with Crippen LogP contribution in [0.2, 0.25) is 0 Å². The van der Waals surface area contributed by atoms with Crippen LogP contribution in [0.4, 0.5) is 0 Å². The van der Waals surface area contributed by atoms with Crippen molar-refractivity contribution in [3.63, 3.8) is 0 Å². The van der Waals surface area contributed by atoms with Gasteiger partial charge in [0.05, 0.1) is 11.6 Å². The number of hydrogen-bond acceptors (Lipinski definition) is 2. The van der Waals surface area contributed by atoms with Crippen LogP contribution < -0.4 is 0 Å². The Labute approximate surface area is 95.3 Å². The number of carbonyl (C=O) groups is 1. The third-order valence-corrected chi connectivity index (χ3v) is 2.90. The van der Waals surface area contributed by atoms with Crippen LogP contribution in [0.5, 0.6) is 0 Å². The number of nitrogens with zero attached hydrogens (tertiary/aromatic N) is 2. The van der Waals surface area contributed by atoms with Crippen LogP contribution in [0.1, 0.15) is 42.3 Å². The highest BCUT2D eigenvalue weighted by Gasteiger charge is 2.35. The van der Waals surface area contributed by atoms with E-state index >= 15 is 0 Å². The fourth-order valence-corrected chi connectivity index (χ4v) is 1.98. The summed E-state index contributed by atoms with van der Waals surface area (Å²) in [5.74, 6) is 0.0274. The second-order valence-corrected chi connectivity index (χ2v) is 5.01. The van der Waals surface area contributed by atoms with E-state index in [9.17, 15) is 4.79 Å². The van der Waals surface area contributed by atoms with Gasteiger partial charge in [0.1, 0.15) is 0 Å². The molecule has 3 heteroatoms. The monoisotopic (exact) mass is 214 g/mol. The molecule has 0 atom stereocenters. The molecule has 1 aliphatic heterocycles. The van der Waals surface area contributed by atoms with E-state index in [1.54, 1.807) is 23.1 Å². The van der Waals surface area contributed by atoms with Crippen LogP contribution in [0.3, 0.4) is 0 Å². The number of fused-ring (bicyclic) bond motifs is 1. The first kappa shape index (κ1) is 10.7. The Morgan fingerprint density at radius 1 is 1.38 bits per heavy atom. The van der Waals surface area contributed by atoms with Gasteiger partial charge >= 0.3 is 0 Å². The molecule has 1 aliphatic rings. The third kappa shape index (κ3) is 1.47. The molecular weight excluding hydrogens is 200 g/mol. The van der Waals surface area contributed by atoms with Crippen LogP contribution >= 0.6 is 0 Å². The van der Waals surface area contributed by atoms with Crippen molar-refractivity contribution >= 4 is 5.91 Å². The van der Waals surface area contributed by atoms with Gasteiger partial charge in [0.25, 0.3) is 5.91 Å². The third-order valence-electron chi connectivity index (χ3n) is 2.90. The average Bonchev–Trinajstić information content (AvgIpc) is 2.56. The molecule has 0 spiro atoms. The Morgan fingerprint density at radius 2 is 2.06 bits per heavy atom. The maximum atomic E-state index is 12.1. The molecule has 0 radical (unpaired) electrons. The zero-order chi connectivity index (χ0) is 11.9. The van der Waals surface area contributed by atoms with E-state index < -0.39 is 0 Å². The lowest BCUT2D eigenvalue weighted by atomic mass is 10.0. The van der Waals surface area contributed by atoms with Gasteiger partial charge in [-0.3, -0.25) is 4.79 Å². The summed E-state index contributed by atoms with van der Waals surface area (Å²) in [6.45, 7) is 6.55. The first-order chi connectivity index (χ1) is 7.45. The van der Waals surface area contributed by atoms with Crippen molar-refractivity contribution in [1.82, 2.24) is 4.90 Å². The predicted molar refractivity (Wildman–Crippen MR) is 60.8 cm³/mol. The minimum atomic E-state index is -0.206. The number of carbonyl (C=O) groups excluding carboxylic acids is 1. The second kappa shape index (κ2) is 3.34. The van der Waals surface area contributed by atoms with Gasteiger partial charge in [-0.25, -0.2) is 0 Å². The van der Waals surface area contributed by atoms with Crippen LogP contribution in [0, 0.1) is 11.3 Å². The quantitative estimate of drug-likeness (QED) is 0.665. The Bertz CT molecular complexity index is 492. The second-order valence-electron chi connectivity index (χ2n) is 5.01. The molecule has 0 bridgehead atoms. The lowest BCUT2D eigenvalue weighted by Gasteiger charge is -2.31. The zero-order valence-corrected chi connectivity index (χ0v) is 9.74. The van der Waals surface area contributed by atoms with Crippen LogP contribution in [0.25, 0.3) is 0 Å². The average molecular weight is 214 g/mol. The summed E-state index contributed by atoms with van der Waals surface area (Å²) in [5, 5.41) is 9.00. The van der Waals surface area contributed by atoms with Gasteiger partial charge in [0, 0.05) is 23.2 Å².